The lowest BCUT2D eigenvalue weighted by Crippen LogP contribution is -2.57. The van der Waals surface area contributed by atoms with E-state index in [0.717, 1.165) is 26.0 Å². The Morgan fingerprint density at radius 1 is 1.50 bits per heavy atom. The number of rotatable bonds is 4. The Kier molecular flexibility index (Phi) is 4.35. The molecule has 0 spiro atoms. The minimum Gasteiger partial charge on any atom is -0.386 e. The highest BCUT2D eigenvalue weighted by atomic mass is 16.5. The predicted octanol–water partition coefficient (Wildman–Crippen LogP) is 1.16. The molecule has 0 saturated carbocycles. The summed E-state index contributed by atoms with van der Waals surface area (Å²) in [6.45, 7) is 8.57. The van der Waals surface area contributed by atoms with Crippen LogP contribution in [-0.2, 0) is 4.74 Å². The van der Waals surface area contributed by atoms with E-state index in [1.165, 1.54) is 0 Å². The van der Waals surface area contributed by atoms with E-state index in [1.807, 2.05) is 6.92 Å². The second kappa shape index (κ2) is 5.10. The topological polar surface area (TPSA) is 41.5 Å². The Morgan fingerprint density at radius 3 is 2.79 bits per heavy atom. The van der Waals surface area contributed by atoms with E-state index >= 15 is 0 Å². The Morgan fingerprint density at radius 2 is 2.21 bits per heavy atom. The van der Waals surface area contributed by atoms with Gasteiger partial charge >= 0.3 is 0 Å². The van der Waals surface area contributed by atoms with Gasteiger partial charge in [0, 0.05) is 13.2 Å². The molecular formula is C11H23NO2. The molecule has 0 aromatic heterocycles. The highest BCUT2D eigenvalue weighted by Crippen LogP contribution is 2.30. The summed E-state index contributed by atoms with van der Waals surface area (Å²) in [5, 5.41) is 13.7. The van der Waals surface area contributed by atoms with E-state index in [9.17, 15) is 5.11 Å². The maximum atomic E-state index is 10.4. The third-order valence-electron chi connectivity index (χ3n) is 3.31. The minimum absolute atomic E-state index is 0.0596. The summed E-state index contributed by atoms with van der Waals surface area (Å²) in [7, 11) is 0. The molecule has 3 heteroatoms. The van der Waals surface area contributed by atoms with E-state index in [0.29, 0.717) is 12.5 Å². The van der Waals surface area contributed by atoms with Gasteiger partial charge in [-0.25, -0.2) is 0 Å². The van der Waals surface area contributed by atoms with Crippen LogP contribution in [0.2, 0.25) is 0 Å². The standard InChI is InChI=1S/C11H23NO2/c1-4-6-12-8-11(13)9(2)5-7-14-10(11)3/h9-10,12-13H,4-8H2,1-3H3/t9?,10?,11-/m1/s1. The van der Waals surface area contributed by atoms with Gasteiger partial charge in [-0.15, -0.1) is 0 Å². The fraction of sp³-hybridized carbons (Fsp3) is 1.00. The maximum Gasteiger partial charge on any atom is 0.105 e. The first-order valence-electron chi connectivity index (χ1n) is 5.66. The largest absolute Gasteiger partial charge is 0.386 e. The van der Waals surface area contributed by atoms with Crippen LogP contribution in [0.3, 0.4) is 0 Å². The van der Waals surface area contributed by atoms with Crippen molar-refractivity contribution in [2.45, 2.75) is 45.3 Å². The van der Waals surface area contributed by atoms with Crippen molar-refractivity contribution >= 4 is 0 Å². The average Bonchev–Trinajstić information content (AvgIpc) is 2.15. The van der Waals surface area contributed by atoms with Crippen molar-refractivity contribution < 1.29 is 9.84 Å². The molecule has 1 aliphatic heterocycles. The molecule has 0 bridgehead atoms. The van der Waals surface area contributed by atoms with Crippen LogP contribution in [0.25, 0.3) is 0 Å². The van der Waals surface area contributed by atoms with Crippen molar-refractivity contribution in [3.8, 4) is 0 Å². The zero-order chi connectivity index (χ0) is 10.6. The zero-order valence-corrected chi connectivity index (χ0v) is 9.55. The minimum atomic E-state index is -0.687. The van der Waals surface area contributed by atoms with Crippen LogP contribution in [0, 0.1) is 5.92 Å². The molecule has 3 nitrogen and oxygen atoms in total. The van der Waals surface area contributed by atoms with Crippen molar-refractivity contribution in [1.82, 2.24) is 5.32 Å². The number of hydrogen-bond donors (Lipinski definition) is 2. The summed E-state index contributed by atoms with van der Waals surface area (Å²) >= 11 is 0. The Hall–Kier alpha value is -0.120. The van der Waals surface area contributed by atoms with Gasteiger partial charge in [0.1, 0.15) is 5.60 Å². The van der Waals surface area contributed by atoms with Crippen LogP contribution in [0.4, 0.5) is 0 Å². The average molecular weight is 201 g/mol. The van der Waals surface area contributed by atoms with Crippen LogP contribution >= 0.6 is 0 Å². The Labute approximate surface area is 86.8 Å². The molecule has 14 heavy (non-hydrogen) atoms. The number of nitrogens with one attached hydrogen (secondary N) is 1. The molecule has 0 amide bonds. The lowest BCUT2D eigenvalue weighted by atomic mass is 9.80. The first-order valence-corrected chi connectivity index (χ1v) is 5.66. The van der Waals surface area contributed by atoms with Gasteiger partial charge in [-0.1, -0.05) is 13.8 Å². The van der Waals surface area contributed by atoms with Crippen molar-refractivity contribution in [2.24, 2.45) is 5.92 Å². The van der Waals surface area contributed by atoms with E-state index in [-0.39, 0.29) is 6.10 Å². The number of hydrogen-bond acceptors (Lipinski definition) is 3. The third kappa shape index (κ3) is 2.47. The van der Waals surface area contributed by atoms with Gasteiger partial charge in [0.05, 0.1) is 6.10 Å². The first kappa shape index (κ1) is 12.0. The maximum absolute atomic E-state index is 10.4. The van der Waals surface area contributed by atoms with Crippen LogP contribution in [0.15, 0.2) is 0 Å². The van der Waals surface area contributed by atoms with E-state index < -0.39 is 5.60 Å². The highest BCUT2D eigenvalue weighted by molar-refractivity contribution is 4.94. The fourth-order valence-electron chi connectivity index (χ4n) is 2.00. The number of ether oxygens (including phenoxy) is 1. The SMILES string of the molecule is CCCNC[C@@]1(O)C(C)CCOC1C. The van der Waals surface area contributed by atoms with Crippen molar-refractivity contribution in [1.29, 1.82) is 0 Å². The lowest BCUT2D eigenvalue weighted by Gasteiger charge is -2.43. The fourth-order valence-corrected chi connectivity index (χ4v) is 2.00. The third-order valence-corrected chi connectivity index (χ3v) is 3.31. The first-order chi connectivity index (χ1) is 6.61. The molecule has 2 unspecified atom stereocenters. The highest BCUT2D eigenvalue weighted by Gasteiger charge is 2.42. The zero-order valence-electron chi connectivity index (χ0n) is 9.55. The van der Waals surface area contributed by atoms with Gasteiger partial charge in [-0.05, 0) is 32.2 Å². The molecule has 84 valence electrons. The van der Waals surface area contributed by atoms with Crippen molar-refractivity contribution in [2.75, 3.05) is 19.7 Å². The Bertz CT molecular complexity index is 163. The summed E-state index contributed by atoms with van der Waals surface area (Å²) in [6.07, 6.45) is 1.99. The smallest absolute Gasteiger partial charge is 0.105 e. The van der Waals surface area contributed by atoms with E-state index in [4.69, 9.17) is 4.74 Å². The molecule has 2 N–H and O–H groups in total. The molecular weight excluding hydrogens is 178 g/mol. The van der Waals surface area contributed by atoms with Gasteiger partial charge in [-0.3, -0.25) is 0 Å². The van der Waals surface area contributed by atoms with Crippen LogP contribution < -0.4 is 5.32 Å². The second-order valence-electron chi connectivity index (χ2n) is 4.37. The van der Waals surface area contributed by atoms with Gasteiger partial charge in [-0.2, -0.15) is 0 Å². The molecule has 1 heterocycles. The molecule has 3 atom stereocenters. The van der Waals surface area contributed by atoms with Gasteiger partial charge in [0.15, 0.2) is 0 Å². The molecule has 1 aliphatic rings. The molecule has 1 saturated heterocycles. The molecule has 1 fully saturated rings. The molecule has 0 aromatic carbocycles. The molecule has 0 radical (unpaired) electrons. The van der Waals surface area contributed by atoms with Crippen molar-refractivity contribution in [3.63, 3.8) is 0 Å². The summed E-state index contributed by atoms with van der Waals surface area (Å²) in [6, 6.07) is 0. The summed E-state index contributed by atoms with van der Waals surface area (Å²) in [5.41, 5.74) is -0.687. The van der Waals surface area contributed by atoms with Crippen LogP contribution in [0.1, 0.15) is 33.6 Å². The summed E-state index contributed by atoms with van der Waals surface area (Å²) < 4.78 is 5.50. The second-order valence-corrected chi connectivity index (χ2v) is 4.37. The molecule has 0 aliphatic carbocycles. The number of aliphatic hydroxyl groups is 1. The van der Waals surface area contributed by atoms with Gasteiger partial charge in [0.2, 0.25) is 0 Å². The van der Waals surface area contributed by atoms with E-state index in [2.05, 4.69) is 19.2 Å². The summed E-state index contributed by atoms with van der Waals surface area (Å²) in [5.74, 6) is 0.315. The van der Waals surface area contributed by atoms with Gasteiger partial charge in [0.25, 0.3) is 0 Å². The molecule has 0 aromatic rings. The van der Waals surface area contributed by atoms with Crippen LogP contribution in [-0.4, -0.2) is 36.5 Å². The Balaban J connectivity index is 2.49. The van der Waals surface area contributed by atoms with E-state index in [1.54, 1.807) is 0 Å². The normalized spacial score (nSPS) is 38.6. The quantitative estimate of drug-likeness (QED) is 0.671. The van der Waals surface area contributed by atoms with Gasteiger partial charge < -0.3 is 15.2 Å². The van der Waals surface area contributed by atoms with Crippen LogP contribution in [0.5, 0.6) is 0 Å². The monoisotopic (exact) mass is 201 g/mol. The van der Waals surface area contributed by atoms with Crippen molar-refractivity contribution in [3.05, 3.63) is 0 Å². The molecule has 1 rings (SSSR count). The predicted molar refractivity (Wildman–Crippen MR) is 57.3 cm³/mol. The summed E-state index contributed by atoms with van der Waals surface area (Å²) in [4.78, 5) is 0. The lowest BCUT2D eigenvalue weighted by molar-refractivity contribution is -0.163.